The number of nitrogens with zero attached hydrogens (tertiary/aromatic N) is 5. The summed E-state index contributed by atoms with van der Waals surface area (Å²) in [6.07, 6.45) is 2.66. The number of carboxylic acid groups (broad SMARTS) is 1. The Hall–Kier alpha value is -5.68. The minimum atomic E-state index is -0.863. The Morgan fingerprint density at radius 2 is 1.22 bits per heavy atom. The smallest absolute Gasteiger partial charge is 0.410 e. The molecule has 2 amide bonds. The SMILES string of the molecule is CC(C)(C)OC(=O)N1CC(c2cc(CCc3ccc(Cl)s3)[nH]n2)C1.COc1ccccc1C(=O)n1nc(C2CN(C(=O)OC(C)(C)C)C2)cc1CCc1ccc(Cl)s1.Cc1ccccc1C(=O)O. The maximum absolute atomic E-state index is 13.5. The van der Waals surface area contributed by atoms with Crippen LogP contribution in [0.4, 0.5) is 9.59 Å². The molecule has 2 fully saturated rings. The van der Waals surface area contributed by atoms with E-state index in [4.69, 9.17) is 42.5 Å². The van der Waals surface area contributed by atoms with Crippen LogP contribution in [0.25, 0.3) is 0 Å². The largest absolute Gasteiger partial charge is 0.496 e. The summed E-state index contributed by atoms with van der Waals surface area (Å²) in [4.78, 5) is 53.9. The van der Waals surface area contributed by atoms with Gasteiger partial charge in [0.25, 0.3) is 5.91 Å². The van der Waals surface area contributed by atoms with Crippen LogP contribution in [-0.4, -0.2) is 103 Å². The van der Waals surface area contributed by atoms with E-state index in [1.54, 1.807) is 71.6 Å². The van der Waals surface area contributed by atoms with E-state index in [1.165, 1.54) is 20.9 Å². The Kier molecular flexibility index (Phi) is 17.2. The molecular weight excluding hydrogens is 948 g/mol. The fraction of sp³-hybridized carbons (Fsp3) is 0.400. The Labute approximate surface area is 415 Å². The fourth-order valence-corrected chi connectivity index (χ4v) is 9.40. The van der Waals surface area contributed by atoms with Crippen molar-refractivity contribution in [2.75, 3.05) is 33.3 Å². The molecule has 8 rings (SSSR count). The fourth-order valence-electron chi connectivity index (χ4n) is 7.22. The third-order valence-electron chi connectivity index (χ3n) is 10.8. The van der Waals surface area contributed by atoms with E-state index < -0.39 is 17.2 Å². The highest BCUT2D eigenvalue weighted by Crippen LogP contribution is 2.31. The Bertz CT molecular complexity index is 2680. The van der Waals surface area contributed by atoms with Gasteiger partial charge in [-0.25, -0.2) is 19.1 Å². The zero-order valence-corrected chi connectivity index (χ0v) is 42.7. The molecule has 2 N–H and O–H groups in total. The highest BCUT2D eigenvalue weighted by Gasteiger charge is 2.38. The lowest BCUT2D eigenvalue weighted by Crippen LogP contribution is -2.50. The van der Waals surface area contributed by atoms with Gasteiger partial charge in [0.15, 0.2) is 0 Å². The summed E-state index contributed by atoms with van der Waals surface area (Å²) >= 11 is 15.2. The molecule has 18 heteroatoms. The second-order valence-electron chi connectivity index (χ2n) is 18.5. The van der Waals surface area contributed by atoms with Gasteiger partial charge < -0.3 is 29.1 Å². The Morgan fingerprint density at radius 1 is 0.706 bits per heavy atom. The summed E-state index contributed by atoms with van der Waals surface area (Å²) in [5.74, 6) is -0.266. The Morgan fingerprint density at radius 3 is 1.71 bits per heavy atom. The highest BCUT2D eigenvalue weighted by molar-refractivity contribution is 7.16. The molecule has 68 heavy (non-hydrogen) atoms. The molecule has 0 aliphatic carbocycles. The maximum atomic E-state index is 13.5. The lowest BCUT2D eigenvalue weighted by Gasteiger charge is -2.38. The van der Waals surface area contributed by atoms with Gasteiger partial charge in [-0.2, -0.15) is 10.2 Å². The Balaban J connectivity index is 0.000000193. The van der Waals surface area contributed by atoms with Gasteiger partial charge in [-0.15, -0.1) is 22.7 Å². The number of carbonyl (C=O) groups excluding carboxylic acids is 3. The molecule has 2 aliphatic heterocycles. The molecule has 6 heterocycles. The van der Waals surface area contributed by atoms with Crippen LogP contribution < -0.4 is 4.74 Å². The molecule has 362 valence electrons. The number of ether oxygens (including phenoxy) is 3. The number of aromatic nitrogens is 4. The molecular formula is C50H58Cl2N6O8S2. The number of likely N-dealkylation sites (tertiary alicyclic amines) is 2. The van der Waals surface area contributed by atoms with Gasteiger partial charge in [0.1, 0.15) is 17.0 Å². The molecule has 0 spiro atoms. The number of hydrogen-bond acceptors (Lipinski definition) is 11. The predicted octanol–water partition coefficient (Wildman–Crippen LogP) is 11.4. The molecule has 14 nitrogen and oxygen atoms in total. The number of para-hydroxylation sites is 1. The van der Waals surface area contributed by atoms with E-state index in [2.05, 4.69) is 27.4 Å². The second-order valence-corrected chi connectivity index (χ2v) is 22.1. The van der Waals surface area contributed by atoms with E-state index in [1.807, 2.05) is 77.9 Å². The number of aromatic amines is 1. The molecule has 0 atom stereocenters. The summed E-state index contributed by atoms with van der Waals surface area (Å²) in [6, 6.07) is 26.0. The first kappa shape index (κ1) is 51.7. The number of hydrogen-bond donors (Lipinski definition) is 2. The topological polar surface area (TPSA) is 169 Å². The standard InChI is InChI=1S/C25H28ClN3O4S.C17H22ClN3O2S.C8H8O2/c1-25(2,3)33-24(31)28-14-16(15-28)20-13-17(9-10-18-11-12-22(26)34-18)29(27-20)23(30)19-7-5-6-8-21(19)32-4;1-17(2,3)23-16(22)21-9-11(10-21)14-8-12(19-20-14)4-5-13-6-7-15(18)24-13;1-6-4-2-3-5-7(6)8(9)10/h5-8,11-13,16H,9-10,14-15H2,1-4H3;6-8,11H,4-5,9-10H2,1-3H3,(H,19,20);2-5H,1H3,(H,9,10). The quantitative estimate of drug-likeness (QED) is 0.127. The van der Waals surface area contributed by atoms with Crippen molar-refractivity contribution < 1.29 is 38.5 Å². The molecule has 2 saturated heterocycles. The number of carbonyl (C=O) groups is 4. The number of methoxy groups -OCH3 is 1. The van der Waals surface area contributed by atoms with Gasteiger partial charge in [0.05, 0.1) is 38.3 Å². The summed E-state index contributed by atoms with van der Waals surface area (Å²) in [7, 11) is 1.54. The first-order valence-corrected chi connectivity index (χ1v) is 24.6. The van der Waals surface area contributed by atoms with Crippen LogP contribution in [0.1, 0.15) is 112 Å². The van der Waals surface area contributed by atoms with Crippen LogP contribution in [-0.2, 0) is 35.2 Å². The molecule has 6 aromatic rings. The van der Waals surface area contributed by atoms with Crippen molar-refractivity contribution in [3.8, 4) is 5.75 Å². The molecule has 2 aromatic carbocycles. The van der Waals surface area contributed by atoms with Crippen LogP contribution in [0.5, 0.6) is 5.75 Å². The number of aromatic carboxylic acids is 1. The highest BCUT2D eigenvalue weighted by atomic mass is 35.5. The number of H-pyrrole nitrogens is 1. The molecule has 0 saturated carbocycles. The second kappa shape index (κ2) is 22.6. The van der Waals surface area contributed by atoms with Crippen LogP contribution in [0.3, 0.4) is 0 Å². The van der Waals surface area contributed by atoms with Crippen LogP contribution in [0.15, 0.2) is 84.9 Å². The van der Waals surface area contributed by atoms with Gasteiger partial charge in [-0.05, 0) is 134 Å². The van der Waals surface area contributed by atoms with Crippen molar-refractivity contribution in [2.24, 2.45) is 0 Å². The molecule has 2 aliphatic rings. The van der Waals surface area contributed by atoms with Crippen LogP contribution in [0, 0.1) is 6.92 Å². The van der Waals surface area contributed by atoms with Crippen molar-refractivity contribution in [1.82, 2.24) is 29.8 Å². The normalized spacial score (nSPS) is 13.9. The molecule has 0 radical (unpaired) electrons. The lowest BCUT2D eigenvalue weighted by molar-refractivity contribution is 0.00692. The van der Waals surface area contributed by atoms with Crippen molar-refractivity contribution >= 4 is 69.9 Å². The van der Waals surface area contributed by atoms with E-state index >= 15 is 0 Å². The third kappa shape index (κ3) is 14.4. The van der Waals surface area contributed by atoms with E-state index in [0.29, 0.717) is 55.4 Å². The number of nitrogens with one attached hydrogen (secondary N) is 1. The van der Waals surface area contributed by atoms with E-state index in [0.717, 1.165) is 61.2 Å². The van der Waals surface area contributed by atoms with Gasteiger partial charge in [0, 0.05) is 59.2 Å². The lowest BCUT2D eigenvalue weighted by atomic mass is 9.96. The summed E-state index contributed by atoms with van der Waals surface area (Å²) in [5.41, 5.74) is 4.38. The van der Waals surface area contributed by atoms with E-state index in [-0.39, 0.29) is 24.0 Å². The maximum Gasteiger partial charge on any atom is 0.410 e. The number of amides is 2. The van der Waals surface area contributed by atoms with Gasteiger partial charge >= 0.3 is 18.2 Å². The van der Waals surface area contributed by atoms with Gasteiger partial charge in [0.2, 0.25) is 0 Å². The number of thiophene rings is 2. The zero-order valence-electron chi connectivity index (χ0n) is 39.5. The van der Waals surface area contributed by atoms with Crippen molar-refractivity contribution in [2.45, 2.75) is 97.2 Å². The average molecular weight is 1010 g/mol. The molecule has 0 unspecified atom stereocenters. The molecule has 4 aromatic heterocycles. The van der Waals surface area contributed by atoms with Gasteiger partial charge in [-0.1, -0.05) is 53.5 Å². The van der Waals surface area contributed by atoms with Crippen molar-refractivity contribution in [3.05, 3.63) is 143 Å². The predicted molar refractivity (Wildman–Crippen MR) is 266 cm³/mol. The van der Waals surface area contributed by atoms with Gasteiger partial charge in [-0.3, -0.25) is 9.89 Å². The van der Waals surface area contributed by atoms with Crippen LogP contribution in [0.2, 0.25) is 8.67 Å². The third-order valence-corrected chi connectivity index (χ3v) is 13.4. The summed E-state index contributed by atoms with van der Waals surface area (Å²) in [6.45, 7) is 15.3. The first-order chi connectivity index (χ1) is 32.2. The number of halogens is 2. The van der Waals surface area contributed by atoms with Crippen molar-refractivity contribution in [3.63, 3.8) is 0 Å². The number of benzene rings is 2. The summed E-state index contributed by atoms with van der Waals surface area (Å²) < 4.78 is 19.3. The van der Waals surface area contributed by atoms with E-state index in [9.17, 15) is 19.2 Å². The minimum Gasteiger partial charge on any atom is -0.496 e. The first-order valence-electron chi connectivity index (χ1n) is 22.2. The number of carboxylic acids is 1. The average Bonchev–Trinajstić information content (AvgIpc) is 4.06. The van der Waals surface area contributed by atoms with Crippen molar-refractivity contribution in [1.29, 1.82) is 0 Å². The zero-order chi connectivity index (χ0) is 49.3. The number of rotatable bonds is 11. The van der Waals surface area contributed by atoms with Crippen LogP contribution >= 0.6 is 45.9 Å². The number of aryl methyl sites for hydroxylation is 5. The minimum absolute atomic E-state index is 0.0502. The summed E-state index contributed by atoms with van der Waals surface area (Å²) in [5, 5.41) is 20.7. The molecule has 0 bridgehead atoms. The monoisotopic (exact) mass is 1000 g/mol.